The summed E-state index contributed by atoms with van der Waals surface area (Å²) < 4.78 is 19.6. The number of nitrogens with one attached hydrogen (secondary N) is 2. The van der Waals surface area contributed by atoms with Crippen molar-refractivity contribution in [1.82, 2.24) is 14.5 Å². The molecule has 0 aliphatic heterocycles. The number of rotatable bonds is 6. The first-order chi connectivity index (χ1) is 14.5. The smallest absolute Gasteiger partial charge is 0.329 e. The molecule has 7 nitrogen and oxygen atoms in total. The number of aromatic amines is 2. The molecule has 9 heteroatoms. The highest BCUT2D eigenvalue weighted by atomic mass is 32.1. The first kappa shape index (κ1) is 19.8. The molecule has 0 amide bonds. The van der Waals surface area contributed by atoms with E-state index in [0.29, 0.717) is 33.6 Å². The lowest BCUT2D eigenvalue weighted by molar-refractivity contribution is 0.313. The molecule has 154 valence electrons. The number of pyridine rings is 1. The number of nitrogens with zero attached hydrogens (tertiary/aromatic N) is 1. The Labute approximate surface area is 173 Å². The van der Waals surface area contributed by atoms with Gasteiger partial charge in [-0.3, -0.25) is 19.1 Å². The van der Waals surface area contributed by atoms with Crippen LogP contribution in [0.4, 0.5) is 4.39 Å². The first-order valence-electron chi connectivity index (χ1n) is 9.32. The van der Waals surface area contributed by atoms with Gasteiger partial charge in [0, 0.05) is 28.9 Å². The number of benzene rings is 1. The molecule has 0 atom stereocenters. The molecule has 0 spiro atoms. The Morgan fingerprint density at radius 1 is 1.17 bits per heavy atom. The summed E-state index contributed by atoms with van der Waals surface area (Å²) >= 11 is 1.23. The van der Waals surface area contributed by atoms with Crippen LogP contribution in [0.15, 0.2) is 56.3 Å². The van der Waals surface area contributed by atoms with Gasteiger partial charge in [0.15, 0.2) is 5.75 Å². The highest BCUT2D eigenvalue weighted by Crippen LogP contribution is 2.30. The molecule has 4 rings (SSSR count). The summed E-state index contributed by atoms with van der Waals surface area (Å²) in [6.45, 7) is 2.25. The molecule has 0 bridgehead atoms. The van der Waals surface area contributed by atoms with Crippen LogP contribution in [0.2, 0.25) is 0 Å². The van der Waals surface area contributed by atoms with Crippen LogP contribution >= 0.6 is 11.3 Å². The van der Waals surface area contributed by atoms with E-state index >= 15 is 0 Å². The monoisotopic (exact) mass is 427 g/mol. The molecular formula is C21H18FN3O4S. The second-order valence-electron chi connectivity index (χ2n) is 6.72. The molecule has 0 radical (unpaired) electrons. The highest BCUT2D eigenvalue weighted by Gasteiger charge is 2.16. The fourth-order valence-electron chi connectivity index (χ4n) is 3.13. The van der Waals surface area contributed by atoms with Crippen molar-refractivity contribution in [3.05, 3.63) is 84.5 Å². The zero-order valence-electron chi connectivity index (χ0n) is 16.0. The summed E-state index contributed by atoms with van der Waals surface area (Å²) in [5.74, 6) is -0.187. The van der Waals surface area contributed by atoms with Crippen LogP contribution in [-0.2, 0) is 6.54 Å². The van der Waals surface area contributed by atoms with Gasteiger partial charge in [0.1, 0.15) is 10.6 Å². The third kappa shape index (κ3) is 3.71. The lowest BCUT2D eigenvalue weighted by atomic mass is 10.1. The molecular weight excluding hydrogens is 409 g/mol. The van der Waals surface area contributed by atoms with E-state index in [1.54, 1.807) is 17.5 Å². The van der Waals surface area contributed by atoms with E-state index in [9.17, 15) is 18.8 Å². The standard InChI is InChI=1S/C21H18FN3O4S/c1-2-7-29-17-9-23-14(8-16(17)26)10-25-20(27)18-15(11-30-19(18)24-21(25)28)12-3-5-13(22)6-4-12/h3-6,8-9,11H,2,7,10H2,1H3,(H,23,26)(H,24,28). The number of H-pyrrole nitrogens is 2. The van der Waals surface area contributed by atoms with Gasteiger partial charge in [-0.15, -0.1) is 11.3 Å². The van der Waals surface area contributed by atoms with Gasteiger partial charge in [-0.1, -0.05) is 19.1 Å². The van der Waals surface area contributed by atoms with E-state index in [0.717, 1.165) is 11.0 Å². The summed E-state index contributed by atoms with van der Waals surface area (Å²) in [6, 6.07) is 7.11. The second-order valence-corrected chi connectivity index (χ2v) is 7.60. The predicted octanol–water partition coefficient (Wildman–Crippen LogP) is 3.08. The van der Waals surface area contributed by atoms with Crippen LogP contribution in [-0.4, -0.2) is 21.1 Å². The SMILES string of the molecule is CCCOc1c[nH]c(Cn2c(=O)[nH]c3scc(-c4ccc(F)cc4)c3c2=O)cc1=O. The van der Waals surface area contributed by atoms with E-state index in [1.807, 2.05) is 6.92 Å². The zero-order valence-corrected chi connectivity index (χ0v) is 16.8. The molecule has 0 saturated carbocycles. The van der Waals surface area contributed by atoms with Gasteiger partial charge in [0.2, 0.25) is 5.43 Å². The fraction of sp³-hybridized carbons (Fsp3) is 0.190. The van der Waals surface area contributed by atoms with E-state index in [2.05, 4.69) is 9.97 Å². The summed E-state index contributed by atoms with van der Waals surface area (Å²) in [5, 5.41) is 2.10. The number of hydrogen-bond donors (Lipinski definition) is 2. The van der Waals surface area contributed by atoms with Crippen LogP contribution in [0.5, 0.6) is 5.75 Å². The van der Waals surface area contributed by atoms with Crippen LogP contribution in [0.3, 0.4) is 0 Å². The third-order valence-corrected chi connectivity index (χ3v) is 5.49. The van der Waals surface area contributed by atoms with E-state index in [1.165, 1.54) is 35.7 Å². The Hall–Kier alpha value is -3.46. The van der Waals surface area contributed by atoms with Crippen molar-refractivity contribution in [2.45, 2.75) is 19.9 Å². The summed E-state index contributed by atoms with van der Waals surface area (Å²) in [7, 11) is 0. The van der Waals surface area contributed by atoms with Crippen molar-refractivity contribution in [2.75, 3.05) is 6.61 Å². The minimum Gasteiger partial charge on any atom is -0.488 e. The molecule has 0 fully saturated rings. The van der Waals surface area contributed by atoms with Crippen molar-refractivity contribution in [3.63, 3.8) is 0 Å². The number of ether oxygens (including phenoxy) is 1. The van der Waals surface area contributed by atoms with E-state index in [-0.39, 0.29) is 23.5 Å². The normalized spacial score (nSPS) is 11.1. The largest absolute Gasteiger partial charge is 0.488 e. The second kappa shape index (κ2) is 8.11. The molecule has 0 unspecified atom stereocenters. The number of hydrogen-bond acceptors (Lipinski definition) is 5. The molecule has 3 aromatic heterocycles. The zero-order chi connectivity index (χ0) is 21.3. The molecule has 0 saturated heterocycles. The predicted molar refractivity (Wildman–Crippen MR) is 114 cm³/mol. The quantitative estimate of drug-likeness (QED) is 0.494. The lowest BCUT2D eigenvalue weighted by Gasteiger charge is -2.08. The Morgan fingerprint density at radius 2 is 1.93 bits per heavy atom. The van der Waals surface area contributed by atoms with Gasteiger partial charge in [-0.05, 0) is 24.1 Å². The molecule has 3 heterocycles. The summed E-state index contributed by atoms with van der Waals surface area (Å²) in [5.41, 5.74) is 0.291. The van der Waals surface area contributed by atoms with E-state index < -0.39 is 11.2 Å². The van der Waals surface area contributed by atoms with Crippen LogP contribution in [0.25, 0.3) is 21.3 Å². The van der Waals surface area contributed by atoms with Gasteiger partial charge in [-0.2, -0.15) is 0 Å². The van der Waals surface area contributed by atoms with Gasteiger partial charge < -0.3 is 9.72 Å². The number of fused-ring (bicyclic) bond motifs is 1. The highest BCUT2D eigenvalue weighted by molar-refractivity contribution is 7.17. The van der Waals surface area contributed by atoms with Crippen molar-refractivity contribution in [2.24, 2.45) is 0 Å². The van der Waals surface area contributed by atoms with Gasteiger partial charge in [0.25, 0.3) is 5.56 Å². The van der Waals surface area contributed by atoms with Crippen LogP contribution < -0.4 is 21.4 Å². The Balaban J connectivity index is 1.76. The Kier molecular flexibility index (Phi) is 5.37. The van der Waals surface area contributed by atoms with Crippen LogP contribution in [0.1, 0.15) is 19.0 Å². The van der Waals surface area contributed by atoms with Crippen molar-refractivity contribution >= 4 is 21.6 Å². The average molecular weight is 427 g/mol. The van der Waals surface area contributed by atoms with Gasteiger partial charge >= 0.3 is 5.69 Å². The van der Waals surface area contributed by atoms with E-state index in [4.69, 9.17) is 4.74 Å². The molecule has 1 aromatic carbocycles. The third-order valence-electron chi connectivity index (χ3n) is 4.60. The molecule has 4 aromatic rings. The minimum atomic E-state index is -0.577. The van der Waals surface area contributed by atoms with Crippen molar-refractivity contribution < 1.29 is 9.13 Å². The molecule has 2 N–H and O–H groups in total. The molecule has 30 heavy (non-hydrogen) atoms. The fourth-order valence-corrected chi connectivity index (χ4v) is 4.08. The Morgan fingerprint density at radius 3 is 2.63 bits per heavy atom. The summed E-state index contributed by atoms with van der Waals surface area (Å²) in [4.78, 5) is 43.9. The molecule has 0 aliphatic rings. The van der Waals surface area contributed by atoms with Crippen LogP contribution in [0, 0.1) is 5.82 Å². The summed E-state index contributed by atoms with van der Waals surface area (Å²) in [6.07, 6.45) is 2.20. The average Bonchev–Trinajstić information content (AvgIpc) is 3.15. The minimum absolute atomic E-state index is 0.105. The van der Waals surface area contributed by atoms with Crippen molar-refractivity contribution in [1.29, 1.82) is 0 Å². The lowest BCUT2D eigenvalue weighted by Crippen LogP contribution is -2.35. The van der Waals surface area contributed by atoms with Gasteiger partial charge in [0.05, 0.1) is 18.5 Å². The maximum atomic E-state index is 13.3. The number of aromatic nitrogens is 3. The van der Waals surface area contributed by atoms with Gasteiger partial charge in [-0.25, -0.2) is 9.18 Å². The number of thiophene rings is 1. The van der Waals surface area contributed by atoms with Crippen molar-refractivity contribution in [3.8, 4) is 16.9 Å². The molecule has 0 aliphatic carbocycles. The number of halogens is 1. The topological polar surface area (TPSA) is 96.9 Å². The maximum absolute atomic E-state index is 13.3. The maximum Gasteiger partial charge on any atom is 0.329 e. The Bertz CT molecular complexity index is 1380. The first-order valence-corrected chi connectivity index (χ1v) is 10.2.